The molecule has 0 amide bonds. The van der Waals surface area contributed by atoms with Crippen LogP contribution < -0.4 is 5.32 Å². The fourth-order valence-corrected chi connectivity index (χ4v) is 1.90. The van der Waals surface area contributed by atoms with E-state index in [1.54, 1.807) is 13.3 Å². The largest absolute Gasteiger partial charge is 0.382 e. The van der Waals surface area contributed by atoms with E-state index in [-0.39, 0.29) is 0 Å². The van der Waals surface area contributed by atoms with Crippen molar-refractivity contribution >= 4 is 15.9 Å². The average molecular weight is 317 g/mol. The van der Waals surface area contributed by atoms with Crippen LogP contribution in [0.1, 0.15) is 18.4 Å². The van der Waals surface area contributed by atoms with Gasteiger partial charge in [-0.1, -0.05) is 0 Å². The number of aromatic nitrogens is 1. The highest BCUT2D eigenvalue weighted by Crippen LogP contribution is 2.09. The third kappa shape index (κ3) is 7.76. The maximum absolute atomic E-state index is 5.39. The molecule has 0 fully saturated rings. The zero-order valence-electron chi connectivity index (χ0n) is 10.8. The number of nitrogens with one attached hydrogen (secondary N) is 1. The molecule has 0 radical (unpaired) electrons. The number of hydrogen-bond acceptors (Lipinski definition) is 4. The molecular formula is C13H21BrN2O2. The van der Waals surface area contributed by atoms with Crippen molar-refractivity contribution in [1.29, 1.82) is 0 Å². The molecule has 0 unspecified atom stereocenters. The van der Waals surface area contributed by atoms with Crippen molar-refractivity contribution in [2.75, 3.05) is 33.5 Å². The quantitative estimate of drug-likeness (QED) is 0.673. The Kier molecular flexibility index (Phi) is 9.02. The minimum absolute atomic E-state index is 0.675. The molecule has 18 heavy (non-hydrogen) atoms. The molecule has 0 aliphatic rings. The van der Waals surface area contributed by atoms with E-state index in [0.717, 1.165) is 37.0 Å². The molecule has 0 atom stereocenters. The second-order valence-electron chi connectivity index (χ2n) is 4.00. The summed E-state index contributed by atoms with van der Waals surface area (Å²) >= 11 is 3.41. The van der Waals surface area contributed by atoms with Crippen LogP contribution in [0, 0.1) is 0 Å². The molecule has 1 heterocycles. The third-order valence-corrected chi connectivity index (χ3v) is 2.85. The van der Waals surface area contributed by atoms with Gasteiger partial charge in [-0.25, -0.2) is 0 Å². The first-order valence-corrected chi connectivity index (χ1v) is 6.99. The highest BCUT2D eigenvalue weighted by Gasteiger charge is 1.95. The maximum atomic E-state index is 5.39. The lowest BCUT2D eigenvalue weighted by atomic mass is 10.2. The molecule has 1 aromatic heterocycles. The van der Waals surface area contributed by atoms with E-state index in [1.165, 1.54) is 5.56 Å². The van der Waals surface area contributed by atoms with Crippen LogP contribution in [0.2, 0.25) is 0 Å². The average Bonchev–Trinajstić information content (AvgIpc) is 2.37. The summed E-state index contributed by atoms with van der Waals surface area (Å²) in [5.41, 5.74) is 1.20. The van der Waals surface area contributed by atoms with Crippen LogP contribution in [-0.2, 0) is 16.0 Å². The molecule has 0 saturated heterocycles. The van der Waals surface area contributed by atoms with E-state index < -0.39 is 0 Å². The van der Waals surface area contributed by atoms with Gasteiger partial charge in [-0.05, 0) is 46.9 Å². The van der Waals surface area contributed by atoms with E-state index in [4.69, 9.17) is 9.47 Å². The van der Waals surface area contributed by atoms with E-state index in [9.17, 15) is 0 Å². The lowest BCUT2D eigenvalue weighted by Gasteiger charge is -2.06. The molecule has 0 aromatic carbocycles. The van der Waals surface area contributed by atoms with Gasteiger partial charge in [-0.15, -0.1) is 0 Å². The lowest BCUT2D eigenvalue weighted by molar-refractivity contribution is 0.0688. The predicted molar refractivity (Wildman–Crippen MR) is 75.6 cm³/mol. The fourth-order valence-electron chi connectivity index (χ4n) is 1.48. The Balaban J connectivity index is 1.92. The molecule has 0 saturated carbocycles. The topological polar surface area (TPSA) is 43.4 Å². The zero-order valence-corrected chi connectivity index (χ0v) is 12.4. The summed E-state index contributed by atoms with van der Waals surface area (Å²) in [6, 6.07) is 2.08. The van der Waals surface area contributed by atoms with Crippen LogP contribution in [0.25, 0.3) is 0 Å². The van der Waals surface area contributed by atoms with Crippen molar-refractivity contribution in [2.24, 2.45) is 0 Å². The van der Waals surface area contributed by atoms with Gasteiger partial charge in [0.05, 0.1) is 13.2 Å². The number of pyridine rings is 1. The van der Waals surface area contributed by atoms with Gasteiger partial charge in [0.1, 0.15) is 0 Å². The Morgan fingerprint density at radius 1 is 1.22 bits per heavy atom. The minimum atomic E-state index is 0.675. The number of halogens is 1. The Morgan fingerprint density at radius 2 is 2.11 bits per heavy atom. The Hall–Kier alpha value is -0.490. The zero-order chi connectivity index (χ0) is 13.1. The van der Waals surface area contributed by atoms with Gasteiger partial charge in [0.25, 0.3) is 0 Å². The van der Waals surface area contributed by atoms with E-state index in [1.807, 2.05) is 6.20 Å². The molecule has 0 bridgehead atoms. The SMILES string of the molecule is COCCOCCCCNCc1cncc(Br)c1. The number of hydrogen-bond donors (Lipinski definition) is 1. The van der Waals surface area contributed by atoms with Crippen LogP contribution in [-0.4, -0.2) is 38.5 Å². The van der Waals surface area contributed by atoms with Gasteiger partial charge in [0, 0.05) is 37.1 Å². The van der Waals surface area contributed by atoms with Gasteiger partial charge >= 0.3 is 0 Å². The number of methoxy groups -OCH3 is 1. The van der Waals surface area contributed by atoms with Crippen molar-refractivity contribution in [3.63, 3.8) is 0 Å². The molecule has 1 rings (SSSR count). The van der Waals surface area contributed by atoms with Gasteiger partial charge in [0.2, 0.25) is 0 Å². The van der Waals surface area contributed by atoms with Crippen molar-refractivity contribution < 1.29 is 9.47 Å². The highest BCUT2D eigenvalue weighted by atomic mass is 79.9. The van der Waals surface area contributed by atoms with Crippen LogP contribution in [0.4, 0.5) is 0 Å². The molecule has 5 heteroatoms. The van der Waals surface area contributed by atoms with Crippen LogP contribution in [0.15, 0.2) is 22.9 Å². The van der Waals surface area contributed by atoms with Crippen LogP contribution >= 0.6 is 15.9 Å². The highest BCUT2D eigenvalue weighted by molar-refractivity contribution is 9.10. The molecule has 4 nitrogen and oxygen atoms in total. The monoisotopic (exact) mass is 316 g/mol. The first-order valence-electron chi connectivity index (χ1n) is 6.20. The van der Waals surface area contributed by atoms with E-state index in [0.29, 0.717) is 13.2 Å². The number of ether oxygens (including phenoxy) is 2. The van der Waals surface area contributed by atoms with Crippen molar-refractivity contribution in [3.05, 3.63) is 28.5 Å². The van der Waals surface area contributed by atoms with Crippen molar-refractivity contribution in [3.8, 4) is 0 Å². The van der Waals surface area contributed by atoms with Gasteiger partial charge in [-0.2, -0.15) is 0 Å². The second-order valence-corrected chi connectivity index (χ2v) is 4.92. The van der Waals surface area contributed by atoms with Crippen molar-refractivity contribution in [2.45, 2.75) is 19.4 Å². The summed E-state index contributed by atoms with van der Waals surface area (Å²) < 4.78 is 11.3. The van der Waals surface area contributed by atoms with Gasteiger partial charge in [0.15, 0.2) is 0 Å². The summed E-state index contributed by atoms with van der Waals surface area (Å²) in [5, 5.41) is 3.39. The number of rotatable bonds is 10. The van der Waals surface area contributed by atoms with Crippen LogP contribution in [0.5, 0.6) is 0 Å². The molecule has 0 aliphatic carbocycles. The standard InChI is InChI=1S/C13H21BrN2O2/c1-17-6-7-18-5-3-2-4-15-9-12-8-13(14)11-16-10-12/h8,10-11,15H,2-7,9H2,1H3. The molecule has 102 valence electrons. The lowest BCUT2D eigenvalue weighted by Crippen LogP contribution is -2.15. The molecule has 0 aliphatic heterocycles. The smallest absolute Gasteiger partial charge is 0.0700 e. The van der Waals surface area contributed by atoms with E-state index >= 15 is 0 Å². The van der Waals surface area contributed by atoms with Gasteiger partial charge in [-0.3, -0.25) is 4.98 Å². The number of nitrogens with zero attached hydrogens (tertiary/aromatic N) is 1. The number of unbranched alkanes of at least 4 members (excludes halogenated alkanes) is 1. The Labute approximate surface area is 117 Å². The predicted octanol–water partition coefficient (Wildman–Crippen LogP) is 2.38. The van der Waals surface area contributed by atoms with Crippen molar-refractivity contribution in [1.82, 2.24) is 10.3 Å². The Bertz CT molecular complexity index is 324. The van der Waals surface area contributed by atoms with Gasteiger partial charge < -0.3 is 14.8 Å². The molecular weight excluding hydrogens is 296 g/mol. The first kappa shape index (κ1) is 15.6. The fraction of sp³-hybridized carbons (Fsp3) is 0.615. The third-order valence-electron chi connectivity index (χ3n) is 2.41. The summed E-state index contributed by atoms with van der Waals surface area (Å²) in [4.78, 5) is 4.12. The summed E-state index contributed by atoms with van der Waals surface area (Å²) in [5.74, 6) is 0. The molecule has 0 spiro atoms. The Morgan fingerprint density at radius 3 is 2.89 bits per heavy atom. The minimum Gasteiger partial charge on any atom is -0.382 e. The van der Waals surface area contributed by atoms with Crippen LogP contribution in [0.3, 0.4) is 0 Å². The summed E-state index contributed by atoms with van der Waals surface area (Å²) in [6.45, 7) is 4.03. The second kappa shape index (κ2) is 10.4. The summed E-state index contributed by atoms with van der Waals surface area (Å²) in [7, 11) is 1.68. The first-order chi connectivity index (χ1) is 8.83. The normalized spacial score (nSPS) is 10.8. The molecule has 1 aromatic rings. The maximum Gasteiger partial charge on any atom is 0.0700 e. The van der Waals surface area contributed by atoms with E-state index in [2.05, 4.69) is 32.3 Å². The molecule has 1 N–H and O–H groups in total. The summed E-state index contributed by atoms with van der Waals surface area (Å²) in [6.07, 6.45) is 5.87.